The zero-order valence-electron chi connectivity index (χ0n) is 6.52. The van der Waals surface area contributed by atoms with Crippen LogP contribution in [-0.4, -0.2) is 29.5 Å². The average molecular weight is 165 g/mol. The van der Waals surface area contributed by atoms with Gasteiger partial charge in [-0.2, -0.15) is 0 Å². The van der Waals surface area contributed by atoms with Crippen LogP contribution in [0.3, 0.4) is 0 Å². The van der Waals surface area contributed by atoms with Crippen LogP contribution in [0.2, 0.25) is 0 Å². The molecule has 5 heteroatoms. The van der Waals surface area contributed by atoms with Gasteiger partial charge < -0.3 is 4.74 Å². The van der Waals surface area contributed by atoms with Gasteiger partial charge in [-0.25, -0.2) is 9.97 Å². The molecule has 0 saturated carbocycles. The SMILES string of the molecule is CN1C(=O)COc2cncnc21. The lowest BCUT2D eigenvalue weighted by molar-refractivity contribution is -0.121. The summed E-state index contributed by atoms with van der Waals surface area (Å²) in [6.45, 7) is 0.0663. The van der Waals surface area contributed by atoms with Gasteiger partial charge >= 0.3 is 0 Å². The van der Waals surface area contributed by atoms with Crippen LogP contribution in [0.5, 0.6) is 5.75 Å². The molecule has 0 atom stereocenters. The van der Waals surface area contributed by atoms with Gasteiger partial charge in [0.25, 0.3) is 5.91 Å². The van der Waals surface area contributed by atoms with E-state index in [9.17, 15) is 4.79 Å². The molecule has 1 aromatic heterocycles. The van der Waals surface area contributed by atoms with Crippen molar-refractivity contribution >= 4 is 11.7 Å². The lowest BCUT2D eigenvalue weighted by Gasteiger charge is -2.23. The number of nitrogens with zero attached hydrogens (tertiary/aromatic N) is 3. The molecule has 1 aromatic rings. The molecule has 0 N–H and O–H groups in total. The minimum atomic E-state index is -0.0961. The topological polar surface area (TPSA) is 55.3 Å². The number of anilines is 1. The van der Waals surface area contributed by atoms with E-state index in [-0.39, 0.29) is 12.5 Å². The highest BCUT2D eigenvalue weighted by atomic mass is 16.5. The minimum absolute atomic E-state index is 0.0663. The molecule has 1 aliphatic rings. The van der Waals surface area contributed by atoms with E-state index in [1.165, 1.54) is 11.2 Å². The highest BCUT2D eigenvalue weighted by Gasteiger charge is 2.22. The normalized spacial score (nSPS) is 15.4. The van der Waals surface area contributed by atoms with Crippen molar-refractivity contribution in [1.82, 2.24) is 9.97 Å². The van der Waals surface area contributed by atoms with Crippen molar-refractivity contribution in [3.63, 3.8) is 0 Å². The second-order valence-electron chi connectivity index (χ2n) is 2.45. The molecule has 0 aromatic carbocycles. The van der Waals surface area contributed by atoms with Crippen LogP contribution in [-0.2, 0) is 4.79 Å². The molecule has 5 nitrogen and oxygen atoms in total. The number of hydrogen-bond acceptors (Lipinski definition) is 4. The fourth-order valence-electron chi connectivity index (χ4n) is 1.02. The van der Waals surface area contributed by atoms with Crippen LogP contribution in [0.15, 0.2) is 12.5 Å². The summed E-state index contributed by atoms with van der Waals surface area (Å²) in [5.74, 6) is 0.988. The molecule has 0 aliphatic carbocycles. The summed E-state index contributed by atoms with van der Waals surface area (Å²) >= 11 is 0. The third-order valence-electron chi connectivity index (χ3n) is 1.70. The fraction of sp³-hybridized carbons (Fsp3) is 0.286. The second-order valence-corrected chi connectivity index (χ2v) is 2.45. The Hall–Kier alpha value is -1.65. The summed E-state index contributed by atoms with van der Waals surface area (Å²) in [7, 11) is 1.66. The van der Waals surface area contributed by atoms with E-state index in [4.69, 9.17) is 4.74 Å². The van der Waals surface area contributed by atoms with E-state index in [1.807, 2.05) is 0 Å². The molecule has 2 heterocycles. The average Bonchev–Trinajstić information content (AvgIpc) is 2.12. The molecule has 1 amide bonds. The standard InChI is InChI=1S/C7H7N3O2/c1-10-6(11)3-12-5-2-8-4-9-7(5)10/h2,4H,3H2,1H3. The number of hydrogen-bond donors (Lipinski definition) is 0. The van der Waals surface area contributed by atoms with Gasteiger partial charge in [0, 0.05) is 7.05 Å². The van der Waals surface area contributed by atoms with Crippen LogP contribution in [0.1, 0.15) is 0 Å². The Labute approximate surface area is 69.0 Å². The van der Waals surface area contributed by atoms with Crippen LogP contribution >= 0.6 is 0 Å². The van der Waals surface area contributed by atoms with Crippen LogP contribution in [0, 0.1) is 0 Å². The number of carbonyl (C=O) groups is 1. The number of ether oxygens (including phenoxy) is 1. The summed E-state index contributed by atoms with van der Waals surface area (Å²) < 4.78 is 5.09. The van der Waals surface area contributed by atoms with Crippen molar-refractivity contribution < 1.29 is 9.53 Å². The zero-order valence-corrected chi connectivity index (χ0v) is 6.52. The smallest absolute Gasteiger partial charge is 0.265 e. The second kappa shape index (κ2) is 2.44. The largest absolute Gasteiger partial charge is 0.478 e. The van der Waals surface area contributed by atoms with Gasteiger partial charge in [0.05, 0.1) is 6.20 Å². The Kier molecular flexibility index (Phi) is 1.43. The maximum absolute atomic E-state index is 11.1. The molecule has 0 saturated heterocycles. The molecule has 1 aliphatic heterocycles. The Morgan fingerprint density at radius 3 is 3.33 bits per heavy atom. The quantitative estimate of drug-likeness (QED) is 0.535. The summed E-state index contributed by atoms with van der Waals surface area (Å²) in [6, 6.07) is 0. The maximum Gasteiger partial charge on any atom is 0.265 e. The summed E-state index contributed by atoms with van der Waals surface area (Å²) in [5.41, 5.74) is 0. The van der Waals surface area contributed by atoms with E-state index >= 15 is 0 Å². The minimum Gasteiger partial charge on any atom is -0.478 e. The predicted molar refractivity (Wildman–Crippen MR) is 40.9 cm³/mol. The molecular weight excluding hydrogens is 158 g/mol. The number of likely N-dealkylation sites (N-methyl/N-ethyl adjacent to an activating group) is 1. The molecule has 12 heavy (non-hydrogen) atoms. The molecular formula is C7H7N3O2. The molecule has 0 radical (unpaired) electrons. The monoisotopic (exact) mass is 165 g/mol. The van der Waals surface area contributed by atoms with Crippen molar-refractivity contribution in [2.45, 2.75) is 0 Å². The van der Waals surface area contributed by atoms with Crippen molar-refractivity contribution in [1.29, 1.82) is 0 Å². The van der Waals surface area contributed by atoms with Crippen molar-refractivity contribution in [2.24, 2.45) is 0 Å². The number of rotatable bonds is 0. The Morgan fingerprint density at radius 2 is 2.50 bits per heavy atom. The van der Waals surface area contributed by atoms with E-state index in [2.05, 4.69) is 9.97 Å². The summed E-state index contributed by atoms with van der Waals surface area (Å²) in [6.07, 6.45) is 2.93. The van der Waals surface area contributed by atoms with Gasteiger partial charge in [-0.1, -0.05) is 0 Å². The molecule has 2 rings (SSSR count). The van der Waals surface area contributed by atoms with Gasteiger partial charge in [0.2, 0.25) is 0 Å². The zero-order chi connectivity index (χ0) is 8.55. The highest BCUT2D eigenvalue weighted by Crippen LogP contribution is 2.26. The molecule has 62 valence electrons. The van der Waals surface area contributed by atoms with Crippen LogP contribution in [0.25, 0.3) is 0 Å². The Balaban J connectivity index is 2.48. The van der Waals surface area contributed by atoms with Gasteiger partial charge in [0.15, 0.2) is 18.2 Å². The van der Waals surface area contributed by atoms with Crippen LogP contribution < -0.4 is 9.64 Å². The number of fused-ring (bicyclic) bond motifs is 1. The Bertz CT molecular complexity index is 326. The lowest BCUT2D eigenvalue weighted by Crippen LogP contribution is -2.36. The van der Waals surface area contributed by atoms with E-state index in [1.54, 1.807) is 13.2 Å². The first-order chi connectivity index (χ1) is 5.79. The van der Waals surface area contributed by atoms with Crippen molar-refractivity contribution in [3.8, 4) is 5.75 Å². The first kappa shape index (κ1) is 7.02. The Morgan fingerprint density at radius 1 is 1.67 bits per heavy atom. The summed E-state index contributed by atoms with van der Waals surface area (Å²) in [5, 5.41) is 0. The predicted octanol–water partition coefficient (Wildman–Crippen LogP) is -0.168. The number of amides is 1. The molecule has 0 spiro atoms. The van der Waals surface area contributed by atoms with E-state index < -0.39 is 0 Å². The maximum atomic E-state index is 11.1. The third-order valence-corrected chi connectivity index (χ3v) is 1.70. The number of aromatic nitrogens is 2. The van der Waals surface area contributed by atoms with Gasteiger partial charge in [-0.05, 0) is 0 Å². The van der Waals surface area contributed by atoms with Crippen LogP contribution in [0.4, 0.5) is 5.82 Å². The third kappa shape index (κ3) is 0.903. The van der Waals surface area contributed by atoms with Gasteiger partial charge in [-0.15, -0.1) is 0 Å². The van der Waals surface area contributed by atoms with Gasteiger partial charge in [0.1, 0.15) is 6.33 Å². The highest BCUT2D eigenvalue weighted by molar-refractivity contribution is 5.95. The molecule has 0 fully saturated rings. The van der Waals surface area contributed by atoms with Gasteiger partial charge in [-0.3, -0.25) is 9.69 Å². The van der Waals surface area contributed by atoms with E-state index in [0.717, 1.165) is 0 Å². The van der Waals surface area contributed by atoms with Crippen molar-refractivity contribution in [3.05, 3.63) is 12.5 Å². The van der Waals surface area contributed by atoms with E-state index in [0.29, 0.717) is 11.6 Å². The fourth-order valence-corrected chi connectivity index (χ4v) is 1.02. The molecule has 0 unspecified atom stereocenters. The molecule has 0 bridgehead atoms. The summed E-state index contributed by atoms with van der Waals surface area (Å²) in [4.78, 5) is 20.3. The van der Waals surface area contributed by atoms with Crippen molar-refractivity contribution in [2.75, 3.05) is 18.6 Å². The lowest BCUT2D eigenvalue weighted by atomic mass is 10.4. The number of carbonyl (C=O) groups excluding carboxylic acids is 1. The first-order valence-electron chi connectivity index (χ1n) is 3.48. The first-order valence-corrected chi connectivity index (χ1v) is 3.48.